The minimum Gasteiger partial charge on any atom is -0.381 e. The highest BCUT2D eigenvalue weighted by atomic mass is 35.5. The molecule has 2 heterocycles. The molecular weight excluding hydrogens is 222 g/mol. The zero-order valence-electron chi connectivity index (χ0n) is 7.38. The van der Waals surface area contributed by atoms with E-state index in [0.717, 1.165) is 4.88 Å². The van der Waals surface area contributed by atoms with Gasteiger partial charge in [-0.2, -0.15) is 0 Å². The van der Waals surface area contributed by atoms with Crippen LogP contribution in [0.4, 0.5) is 0 Å². The summed E-state index contributed by atoms with van der Waals surface area (Å²) < 4.78 is 1.54. The Kier molecular flexibility index (Phi) is 2.54. The maximum Gasteiger partial charge on any atom is 0.131 e. The van der Waals surface area contributed by atoms with E-state index >= 15 is 0 Å². The average Bonchev–Trinajstić information content (AvgIpc) is 2.73. The lowest BCUT2D eigenvalue weighted by atomic mass is 10.2. The van der Waals surface area contributed by atoms with Gasteiger partial charge in [0.2, 0.25) is 0 Å². The van der Waals surface area contributed by atoms with Crippen molar-refractivity contribution in [2.24, 2.45) is 7.05 Å². The third-order valence-corrected chi connectivity index (χ3v) is 3.22. The SMILES string of the molecule is Cn1nncc1C(O)c1cc(Cl)cs1. The molecule has 0 radical (unpaired) electrons. The van der Waals surface area contributed by atoms with E-state index < -0.39 is 6.10 Å². The van der Waals surface area contributed by atoms with Gasteiger partial charge < -0.3 is 5.11 Å². The first kappa shape index (κ1) is 9.64. The van der Waals surface area contributed by atoms with Crippen molar-refractivity contribution in [2.45, 2.75) is 6.10 Å². The van der Waals surface area contributed by atoms with Gasteiger partial charge in [-0.3, -0.25) is 0 Å². The van der Waals surface area contributed by atoms with Crippen LogP contribution < -0.4 is 0 Å². The Morgan fingerprint density at radius 3 is 2.93 bits per heavy atom. The molecule has 1 atom stereocenters. The molecule has 0 bridgehead atoms. The van der Waals surface area contributed by atoms with Gasteiger partial charge in [0.1, 0.15) is 6.10 Å². The summed E-state index contributed by atoms with van der Waals surface area (Å²) in [5.74, 6) is 0. The van der Waals surface area contributed by atoms with E-state index in [-0.39, 0.29) is 0 Å². The van der Waals surface area contributed by atoms with Gasteiger partial charge in [-0.15, -0.1) is 16.4 Å². The highest BCUT2D eigenvalue weighted by Gasteiger charge is 2.16. The van der Waals surface area contributed by atoms with Crippen molar-refractivity contribution < 1.29 is 5.11 Å². The zero-order valence-corrected chi connectivity index (χ0v) is 8.96. The van der Waals surface area contributed by atoms with Gasteiger partial charge in [-0.1, -0.05) is 16.8 Å². The number of hydrogen-bond donors (Lipinski definition) is 1. The molecule has 0 saturated heterocycles. The molecule has 0 aliphatic heterocycles. The maximum absolute atomic E-state index is 9.93. The van der Waals surface area contributed by atoms with Gasteiger partial charge in [0.25, 0.3) is 0 Å². The van der Waals surface area contributed by atoms with E-state index in [9.17, 15) is 5.11 Å². The molecule has 14 heavy (non-hydrogen) atoms. The van der Waals surface area contributed by atoms with Gasteiger partial charge in [0.05, 0.1) is 16.9 Å². The number of halogens is 1. The summed E-state index contributed by atoms with van der Waals surface area (Å²) in [6.07, 6.45) is 0.839. The van der Waals surface area contributed by atoms with Crippen LogP contribution in [0.3, 0.4) is 0 Å². The lowest BCUT2D eigenvalue weighted by Gasteiger charge is -2.06. The Morgan fingerprint density at radius 1 is 1.64 bits per heavy atom. The van der Waals surface area contributed by atoms with Crippen molar-refractivity contribution in [2.75, 3.05) is 0 Å². The Balaban J connectivity index is 2.33. The fourth-order valence-corrected chi connectivity index (χ4v) is 2.24. The predicted octanol–water partition coefficient (Wildman–Crippen LogP) is 1.61. The molecule has 6 heteroatoms. The van der Waals surface area contributed by atoms with Crippen LogP contribution in [0.5, 0.6) is 0 Å². The lowest BCUT2D eigenvalue weighted by molar-refractivity contribution is 0.213. The van der Waals surface area contributed by atoms with Gasteiger partial charge in [0.15, 0.2) is 0 Å². The Bertz CT molecular complexity index is 439. The quantitative estimate of drug-likeness (QED) is 0.851. The van der Waals surface area contributed by atoms with Crippen LogP contribution in [0.2, 0.25) is 5.02 Å². The fraction of sp³-hybridized carbons (Fsp3) is 0.250. The van der Waals surface area contributed by atoms with Crippen molar-refractivity contribution in [3.63, 3.8) is 0 Å². The van der Waals surface area contributed by atoms with Crippen molar-refractivity contribution in [3.05, 3.63) is 33.2 Å². The first-order valence-corrected chi connectivity index (χ1v) is 5.21. The number of aromatic nitrogens is 3. The van der Waals surface area contributed by atoms with Crippen molar-refractivity contribution in [1.29, 1.82) is 0 Å². The highest BCUT2D eigenvalue weighted by molar-refractivity contribution is 7.10. The number of nitrogens with zero attached hydrogens (tertiary/aromatic N) is 3. The summed E-state index contributed by atoms with van der Waals surface area (Å²) in [5.41, 5.74) is 0.656. The predicted molar refractivity (Wildman–Crippen MR) is 54.4 cm³/mol. The van der Waals surface area contributed by atoms with Crippen LogP contribution in [0, 0.1) is 0 Å². The molecule has 2 aromatic heterocycles. The third kappa shape index (κ3) is 1.66. The highest BCUT2D eigenvalue weighted by Crippen LogP contribution is 2.28. The molecular formula is C8H8ClN3OS. The average molecular weight is 230 g/mol. The van der Waals surface area contributed by atoms with E-state index in [2.05, 4.69) is 10.3 Å². The van der Waals surface area contributed by atoms with Crippen molar-refractivity contribution in [3.8, 4) is 0 Å². The minimum absolute atomic E-state index is 0.638. The second-order valence-corrected chi connectivity index (χ2v) is 4.23. The maximum atomic E-state index is 9.93. The molecule has 1 unspecified atom stereocenters. The van der Waals surface area contributed by atoms with E-state index in [4.69, 9.17) is 11.6 Å². The molecule has 1 N–H and O–H groups in total. The van der Waals surface area contributed by atoms with E-state index in [1.807, 2.05) is 0 Å². The van der Waals surface area contributed by atoms with Gasteiger partial charge >= 0.3 is 0 Å². The summed E-state index contributed by atoms with van der Waals surface area (Å²) in [6, 6.07) is 1.74. The van der Waals surface area contributed by atoms with Crippen LogP contribution in [0.1, 0.15) is 16.7 Å². The summed E-state index contributed by atoms with van der Waals surface area (Å²) in [4.78, 5) is 0.792. The van der Waals surface area contributed by atoms with Crippen molar-refractivity contribution in [1.82, 2.24) is 15.0 Å². The second-order valence-electron chi connectivity index (χ2n) is 2.85. The normalized spacial score (nSPS) is 13.1. The summed E-state index contributed by atoms with van der Waals surface area (Å²) in [7, 11) is 1.74. The minimum atomic E-state index is -0.701. The van der Waals surface area contributed by atoms with Crippen LogP contribution >= 0.6 is 22.9 Å². The topological polar surface area (TPSA) is 50.9 Å². The molecule has 4 nitrogen and oxygen atoms in total. The number of rotatable bonds is 2. The fourth-order valence-electron chi connectivity index (χ4n) is 1.16. The van der Waals surface area contributed by atoms with Crippen LogP contribution in [-0.4, -0.2) is 20.1 Å². The molecule has 0 spiro atoms. The molecule has 2 aromatic rings. The monoisotopic (exact) mass is 229 g/mol. The van der Waals surface area contributed by atoms with Crippen molar-refractivity contribution >= 4 is 22.9 Å². The molecule has 0 amide bonds. The largest absolute Gasteiger partial charge is 0.381 e. The zero-order chi connectivity index (χ0) is 10.1. The number of aryl methyl sites for hydroxylation is 1. The first-order valence-electron chi connectivity index (χ1n) is 3.95. The van der Waals surface area contributed by atoms with E-state index in [0.29, 0.717) is 10.7 Å². The molecule has 0 fully saturated rings. The van der Waals surface area contributed by atoms with Crippen LogP contribution in [0.15, 0.2) is 17.6 Å². The summed E-state index contributed by atoms with van der Waals surface area (Å²) in [6.45, 7) is 0. The van der Waals surface area contributed by atoms with Gasteiger partial charge in [0, 0.05) is 17.3 Å². The third-order valence-electron chi connectivity index (χ3n) is 1.89. The smallest absolute Gasteiger partial charge is 0.131 e. The molecule has 0 aromatic carbocycles. The van der Waals surface area contributed by atoms with Crippen LogP contribution in [-0.2, 0) is 7.05 Å². The van der Waals surface area contributed by atoms with E-state index in [1.54, 1.807) is 18.5 Å². The first-order chi connectivity index (χ1) is 6.68. The van der Waals surface area contributed by atoms with E-state index in [1.165, 1.54) is 22.2 Å². The van der Waals surface area contributed by atoms with Gasteiger partial charge in [-0.25, -0.2) is 4.68 Å². The number of hydrogen-bond acceptors (Lipinski definition) is 4. The molecule has 74 valence electrons. The number of thiophene rings is 1. The van der Waals surface area contributed by atoms with Crippen LogP contribution in [0.25, 0.3) is 0 Å². The van der Waals surface area contributed by atoms with Gasteiger partial charge in [-0.05, 0) is 6.07 Å². The molecule has 0 aliphatic rings. The second kappa shape index (κ2) is 3.68. The molecule has 2 rings (SSSR count). The molecule has 0 aliphatic carbocycles. The summed E-state index contributed by atoms with van der Waals surface area (Å²) >= 11 is 7.18. The Hall–Kier alpha value is -0.910. The number of aliphatic hydroxyl groups is 1. The lowest BCUT2D eigenvalue weighted by Crippen LogP contribution is -2.04. The number of aliphatic hydroxyl groups excluding tert-OH is 1. The summed E-state index contributed by atoms with van der Waals surface area (Å²) in [5, 5.41) is 19.8. The molecule has 0 saturated carbocycles. The Morgan fingerprint density at radius 2 is 2.43 bits per heavy atom. The standard InChI is InChI=1S/C8H8ClN3OS/c1-12-6(3-10-11-12)8(13)7-2-5(9)4-14-7/h2-4,8,13H,1H3. The Labute approximate surface area is 89.8 Å².